The number of nitrogens with zero attached hydrogens (tertiary/aromatic N) is 5. The van der Waals surface area contributed by atoms with E-state index in [1.807, 2.05) is 11.8 Å². The predicted octanol–water partition coefficient (Wildman–Crippen LogP) is 4.19. The number of carbonyl (C=O) groups excluding carboxylic acids is 1. The highest BCUT2D eigenvalue weighted by atomic mass is 32.2. The van der Waals surface area contributed by atoms with Crippen molar-refractivity contribution < 1.29 is 22.0 Å². The van der Waals surface area contributed by atoms with E-state index in [1.54, 1.807) is 25.4 Å². The first kappa shape index (κ1) is 28.0. The van der Waals surface area contributed by atoms with E-state index in [0.29, 0.717) is 22.6 Å². The summed E-state index contributed by atoms with van der Waals surface area (Å²) in [6.07, 6.45) is 6.66. The summed E-state index contributed by atoms with van der Waals surface area (Å²) in [6.45, 7) is 8.85. The van der Waals surface area contributed by atoms with Crippen molar-refractivity contribution in [2.24, 2.45) is 9.98 Å². The molecule has 10 nitrogen and oxygen atoms in total. The number of likely N-dealkylation sites (tertiary alicyclic amines) is 1. The number of hydrogen-bond donors (Lipinski definition) is 2. The van der Waals surface area contributed by atoms with Crippen LogP contribution in [0, 0.1) is 11.6 Å². The van der Waals surface area contributed by atoms with E-state index >= 15 is 4.39 Å². The van der Waals surface area contributed by atoms with Crippen LogP contribution in [0.2, 0.25) is 0 Å². The lowest BCUT2D eigenvalue weighted by atomic mass is 10.00. The van der Waals surface area contributed by atoms with Crippen LogP contribution in [0.5, 0.6) is 0 Å². The van der Waals surface area contributed by atoms with Crippen molar-refractivity contribution in [1.82, 2.24) is 19.2 Å². The molecule has 39 heavy (non-hydrogen) atoms. The molecule has 1 fully saturated rings. The van der Waals surface area contributed by atoms with Gasteiger partial charge in [0.1, 0.15) is 11.5 Å². The van der Waals surface area contributed by atoms with Crippen LogP contribution in [0.25, 0.3) is 16.6 Å². The largest absolute Gasteiger partial charge is 0.345 e. The molecule has 0 amide bonds. The Morgan fingerprint density at radius 1 is 1.31 bits per heavy atom. The lowest BCUT2D eigenvalue weighted by Crippen LogP contribution is -2.32. The topological polar surface area (TPSA) is 123 Å². The number of H-pyrrole nitrogens is 1. The lowest BCUT2D eigenvalue weighted by molar-refractivity contribution is 0.103. The van der Waals surface area contributed by atoms with Crippen molar-refractivity contribution in [2.45, 2.75) is 26.7 Å². The van der Waals surface area contributed by atoms with Crippen molar-refractivity contribution in [3.8, 4) is 0 Å². The smallest absolute Gasteiger partial charge is 0.301 e. The van der Waals surface area contributed by atoms with Crippen LogP contribution in [0.15, 0.2) is 46.8 Å². The maximum absolute atomic E-state index is 15.3. The molecular weight excluding hydrogens is 528 g/mol. The Bertz CT molecular complexity index is 1590. The van der Waals surface area contributed by atoms with Gasteiger partial charge in [0.05, 0.1) is 11.3 Å². The average Bonchev–Trinajstić information content (AvgIpc) is 3.60. The van der Waals surface area contributed by atoms with Crippen LogP contribution in [-0.4, -0.2) is 72.7 Å². The van der Waals surface area contributed by atoms with Gasteiger partial charge in [-0.15, -0.1) is 0 Å². The number of guanidine groups is 1. The minimum atomic E-state index is -4.10. The lowest BCUT2D eigenvalue weighted by Gasteiger charge is -2.17. The summed E-state index contributed by atoms with van der Waals surface area (Å²) >= 11 is 0. The molecule has 0 radical (unpaired) electrons. The minimum Gasteiger partial charge on any atom is -0.345 e. The Morgan fingerprint density at radius 3 is 2.69 bits per heavy atom. The van der Waals surface area contributed by atoms with Crippen LogP contribution in [0.4, 0.5) is 14.5 Å². The number of benzene rings is 1. The number of nitrogens with one attached hydrogen (secondary N) is 2. The number of ketones is 1. The SMILES string of the molecule is C=N/C(=N\C=C(/C)c1cnc2[nH]cc(C(=O)c3c(F)ccc(NS(=O)(=O)N(C)CC)c3F)c2c1)N1CCCC1. The maximum atomic E-state index is 15.3. The quantitative estimate of drug-likeness (QED) is 0.244. The van der Waals surface area contributed by atoms with Gasteiger partial charge in [-0.3, -0.25) is 9.52 Å². The summed E-state index contributed by atoms with van der Waals surface area (Å²) < 4.78 is 57.9. The number of allylic oxidation sites excluding steroid dienone is 1. The first-order valence-electron chi connectivity index (χ1n) is 12.3. The third kappa shape index (κ3) is 5.73. The first-order valence-corrected chi connectivity index (χ1v) is 13.7. The number of halogens is 2. The molecule has 3 heterocycles. The monoisotopic (exact) mass is 557 g/mol. The molecule has 1 saturated heterocycles. The molecule has 13 heteroatoms. The van der Waals surface area contributed by atoms with Crippen molar-refractivity contribution in [2.75, 3.05) is 31.4 Å². The van der Waals surface area contributed by atoms with Crippen LogP contribution < -0.4 is 4.72 Å². The summed E-state index contributed by atoms with van der Waals surface area (Å²) in [5.74, 6) is -2.89. The Kier molecular flexibility index (Phi) is 8.21. The second kappa shape index (κ2) is 11.4. The zero-order chi connectivity index (χ0) is 28.3. The molecule has 3 aromatic rings. The van der Waals surface area contributed by atoms with Gasteiger partial charge in [-0.2, -0.15) is 12.7 Å². The third-order valence-electron chi connectivity index (χ3n) is 6.55. The normalized spacial score (nSPS) is 14.9. The van der Waals surface area contributed by atoms with Gasteiger partial charge in [0.2, 0.25) is 11.7 Å². The fourth-order valence-corrected chi connectivity index (χ4v) is 5.07. The molecule has 1 aromatic carbocycles. The van der Waals surface area contributed by atoms with Gasteiger partial charge in [-0.25, -0.2) is 23.7 Å². The number of hydrogen-bond acceptors (Lipinski definition) is 5. The van der Waals surface area contributed by atoms with Crippen molar-refractivity contribution >= 4 is 51.0 Å². The van der Waals surface area contributed by atoms with Crippen molar-refractivity contribution in [3.05, 3.63) is 65.1 Å². The van der Waals surface area contributed by atoms with Crippen LogP contribution >= 0.6 is 0 Å². The highest BCUT2D eigenvalue weighted by Crippen LogP contribution is 2.29. The molecule has 0 unspecified atom stereocenters. The minimum absolute atomic E-state index is 0.0235. The van der Waals surface area contributed by atoms with E-state index in [9.17, 15) is 17.6 Å². The summed E-state index contributed by atoms with van der Waals surface area (Å²) in [4.78, 5) is 31.0. The number of rotatable bonds is 8. The molecule has 0 bridgehead atoms. The summed E-state index contributed by atoms with van der Waals surface area (Å²) in [5, 5.41) is 0.339. The Balaban J connectivity index is 1.70. The Labute approximate surface area is 225 Å². The molecule has 206 valence electrons. The number of aromatic amines is 1. The first-order chi connectivity index (χ1) is 18.6. The van der Waals surface area contributed by atoms with Gasteiger partial charge >= 0.3 is 10.2 Å². The van der Waals surface area contributed by atoms with E-state index in [0.717, 1.165) is 47.9 Å². The Hall–Kier alpha value is -3.97. The van der Waals surface area contributed by atoms with E-state index < -0.39 is 38.9 Å². The standard InChI is InChI=1S/C26H29F2N7O3S/c1-5-34(4)39(37,38)33-21-9-8-20(27)22(23(21)28)24(36)19-15-31-25-18(19)12-17(14-30-25)16(2)13-32-26(29-3)35-10-6-7-11-35/h8-9,12-15,33H,3,5-7,10-11H2,1-2,4H3,(H,30,31)/b16-13+,32-26+. The van der Waals surface area contributed by atoms with Crippen LogP contribution in [0.3, 0.4) is 0 Å². The molecule has 0 atom stereocenters. The number of pyridine rings is 1. The van der Waals surface area contributed by atoms with Crippen molar-refractivity contribution in [3.63, 3.8) is 0 Å². The third-order valence-corrected chi connectivity index (χ3v) is 8.10. The highest BCUT2D eigenvalue weighted by Gasteiger charge is 2.27. The van der Waals surface area contributed by atoms with E-state index in [-0.39, 0.29) is 12.1 Å². The molecule has 0 saturated carbocycles. The fourth-order valence-electron chi connectivity index (χ4n) is 4.14. The van der Waals surface area contributed by atoms with Gasteiger partial charge in [0.15, 0.2) is 5.82 Å². The average molecular weight is 558 g/mol. The molecule has 4 rings (SSSR count). The van der Waals surface area contributed by atoms with Crippen LogP contribution in [0.1, 0.15) is 48.2 Å². The summed E-state index contributed by atoms with van der Waals surface area (Å²) in [6, 6.07) is 3.44. The second-order valence-electron chi connectivity index (χ2n) is 9.05. The number of aliphatic imine (C=N–C) groups is 2. The van der Waals surface area contributed by atoms with Gasteiger partial charge in [0, 0.05) is 56.2 Å². The number of carbonyl (C=O) groups is 1. The molecular formula is C26H29F2N7O3S. The zero-order valence-corrected chi connectivity index (χ0v) is 22.6. The van der Waals surface area contributed by atoms with Crippen LogP contribution in [-0.2, 0) is 10.2 Å². The van der Waals surface area contributed by atoms with Crippen molar-refractivity contribution in [1.29, 1.82) is 0 Å². The number of fused-ring (bicyclic) bond motifs is 1. The predicted molar refractivity (Wildman–Crippen MR) is 148 cm³/mol. The molecule has 2 aromatic heterocycles. The van der Waals surface area contributed by atoms with Gasteiger partial charge < -0.3 is 9.88 Å². The number of aromatic nitrogens is 2. The molecule has 1 aliphatic rings. The van der Waals surface area contributed by atoms with Gasteiger partial charge in [-0.05, 0) is 55.8 Å². The van der Waals surface area contributed by atoms with Gasteiger partial charge in [-0.1, -0.05) is 6.92 Å². The van der Waals surface area contributed by atoms with E-state index in [1.165, 1.54) is 13.2 Å². The van der Waals surface area contributed by atoms with Gasteiger partial charge in [0.25, 0.3) is 0 Å². The summed E-state index contributed by atoms with van der Waals surface area (Å²) in [7, 11) is -2.80. The van der Waals surface area contributed by atoms with E-state index in [2.05, 4.69) is 31.4 Å². The fraction of sp³-hybridized carbons (Fsp3) is 0.308. The van der Waals surface area contributed by atoms with E-state index in [4.69, 9.17) is 0 Å². The molecule has 2 N–H and O–H groups in total. The summed E-state index contributed by atoms with van der Waals surface area (Å²) in [5.41, 5.74) is 0.244. The number of anilines is 1. The molecule has 1 aliphatic heterocycles. The molecule has 0 aliphatic carbocycles. The molecule has 0 spiro atoms. The Morgan fingerprint density at radius 2 is 2.03 bits per heavy atom. The zero-order valence-electron chi connectivity index (χ0n) is 21.8. The highest BCUT2D eigenvalue weighted by molar-refractivity contribution is 7.90. The second-order valence-corrected chi connectivity index (χ2v) is 10.8. The maximum Gasteiger partial charge on any atom is 0.301 e.